The summed E-state index contributed by atoms with van der Waals surface area (Å²) < 4.78 is 0. The van der Waals surface area contributed by atoms with Crippen molar-refractivity contribution >= 4 is 35.1 Å². The number of halogens is 1. The minimum absolute atomic E-state index is 0.0614. The van der Waals surface area contributed by atoms with Gasteiger partial charge in [0.15, 0.2) is 0 Å². The molecule has 142 valence electrons. The van der Waals surface area contributed by atoms with Crippen molar-refractivity contribution in [3.63, 3.8) is 0 Å². The SMILES string of the molecule is CCNC(=O)N(CC)C(=O)c1cc(Cl)cc2c1N(C(=O)C(C)(C)C)CC2. The van der Waals surface area contributed by atoms with Crippen LogP contribution < -0.4 is 10.2 Å². The number of benzene rings is 1. The van der Waals surface area contributed by atoms with E-state index in [1.54, 1.807) is 30.9 Å². The zero-order valence-corrected chi connectivity index (χ0v) is 16.7. The van der Waals surface area contributed by atoms with Crippen molar-refractivity contribution in [1.29, 1.82) is 0 Å². The molecule has 0 saturated heterocycles. The van der Waals surface area contributed by atoms with Gasteiger partial charge in [0.1, 0.15) is 0 Å². The van der Waals surface area contributed by atoms with Crippen molar-refractivity contribution < 1.29 is 14.4 Å². The maximum Gasteiger partial charge on any atom is 0.324 e. The van der Waals surface area contributed by atoms with Crippen LogP contribution in [0.4, 0.5) is 10.5 Å². The number of rotatable bonds is 3. The number of hydrogen-bond donors (Lipinski definition) is 1. The Balaban J connectivity index is 2.52. The molecule has 26 heavy (non-hydrogen) atoms. The fraction of sp³-hybridized carbons (Fsp3) is 0.526. The summed E-state index contributed by atoms with van der Waals surface area (Å²) in [5, 5.41) is 3.06. The molecule has 1 aromatic rings. The fourth-order valence-electron chi connectivity index (χ4n) is 3.05. The first-order valence-electron chi connectivity index (χ1n) is 8.85. The van der Waals surface area contributed by atoms with Crippen molar-refractivity contribution in [2.75, 3.05) is 24.5 Å². The highest BCUT2D eigenvalue weighted by Gasteiger charge is 2.36. The summed E-state index contributed by atoms with van der Waals surface area (Å²) >= 11 is 6.20. The molecule has 1 N–H and O–H groups in total. The van der Waals surface area contributed by atoms with E-state index < -0.39 is 17.4 Å². The highest BCUT2D eigenvalue weighted by Crippen LogP contribution is 2.37. The molecule has 2 rings (SSSR count). The Hall–Kier alpha value is -2.08. The number of amides is 4. The van der Waals surface area contributed by atoms with Gasteiger partial charge in [-0.1, -0.05) is 32.4 Å². The van der Waals surface area contributed by atoms with Crippen molar-refractivity contribution in [2.45, 2.75) is 41.0 Å². The lowest BCUT2D eigenvalue weighted by atomic mass is 9.94. The molecule has 0 spiro atoms. The van der Waals surface area contributed by atoms with Crippen LogP contribution in [0, 0.1) is 5.41 Å². The molecule has 6 nitrogen and oxygen atoms in total. The molecule has 4 amide bonds. The number of carbonyl (C=O) groups excluding carboxylic acids is 3. The lowest BCUT2D eigenvalue weighted by Gasteiger charge is -2.28. The lowest BCUT2D eigenvalue weighted by molar-refractivity contribution is -0.125. The summed E-state index contributed by atoms with van der Waals surface area (Å²) in [4.78, 5) is 40.9. The summed E-state index contributed by atoms with van der Waals surface area (Å²) in [5.74, 6) is -0.514. The maximum atomic E-state index is 13.1. The monoisotopic (exact) mass is 379 g/mol. The van der Waals surface area contributed by atoms with Crippen LogP contribution in [0.2, 0.25) is 5.02 Å². The topological polar surface area (TPSA) is 69.7 Å². The Morgan fingerprint density at radius 2 is 1.88 bits per heavy atom. The molecule has 1 aromatic carbocycles. The first-order chi connectivity index (χ1) is 12.1. The predicted octanol–water partition coefficient (Wildman–Crippen LogP) is 3.47. The van der Waals surface area contributed by atoms with Crippen molar-refractivity contribution in [1.82, 2.24) is 10.2 Å². The highest BCUT2D eigenvalue weighted by atomic mass is 35.5. The zero-order chi connectivity index (χ0) is 19.6. The van der Waals surface area contributed by atoms with E-state index in [2.05, 4.69) is 5.32 Å². The van der Waals surface area contributed by atoms with Gasteiger partial charge < -0.3 is 10.2 Å². The van der Waals surface area contributed by atoms with Gasteiger partial charge in [-0.05, 0) is 38.0 Å². The molecular weight excluding hydrogens is 354 g/mol. The average Bonchev–Trinajstić information content (AvgIpc) is 2.96. The van der Waals surface area contributed by atoms with E-state index in [0.717, 1.165) is 10.5 Å². The first kappa shape index (κ1) is 20.2. The van der Waals surface area contributed by atoms with Gasteiger partial charge >= 0.3 is 6.03 Å². The number of hydrogen-bond acceptors (Lipinski definition) is 3. The Morgan fingerprint density at radius 1 is 1.23 bits per heavy atom. The van der Waals surface area contributed by atoms with Crippen LogP contribution in [-0.4, -0.2) is 42.4 Å². The van der Waals surface area contributed by atoms with Crippen LogP contribution >= 0.6 is 11.6 Å². The second-order valence-corrected chi connectivity index (χ2v) is 7.74. The zero-order valence-electron chi connectivity index (χ0n) is 16.0. The van der Waals surface area contributed by atoms with Crippen molar-refractivity contribution in [3.05, 3.63) is 28.3 Å². The van der Waals surface area contributed by atoms with Crippen LogP contribution in [0.3, 0.4) is 0 Å². The van der Waals surface area contributed by atoms with Gasteiger partial charge in [-0.25, -0.2) is 4.79 Å². The van der Waals surface area contributed by atoms with Gasteiger partial charge in [-0.2, -0.15) is 0 Å². The van der Waals surface area contributed by atoms with Gasteiger partial charge in [-0.3, -0.25) is 14.5 Å². The van der Waals surface area contributed by atoms with Crippen LogP contribution in [-0.2, 0) is 11.2 Å². The smallest absolute Gasteiger partial charge is 0.324 e. The number of nitrogens with one attached hydrogen (secondary N) is 1. The van der Waals surface area contributed by atoms with E-state index in [4.69, 9.17) is 11.6 Å². The van der Waals surface area contributed by atoms with Crippen LogP contribution in [0.1, 0.15) is 50.5 Å². The Morgan fingerprint density at radius 3 is 2.42 bits per heavy atom. The van der Waals surface area contributed by atoms with Crippen molar-refractivity contribution in [3.8, 4) is 0 Å². The Bertz CT molecular complexity index is 740. The summed E-state index contributed by atoms with van der Waals surface area (Å²) in [6, 6.07) is 2.87. The number of carbonyl (C=O) groups is 3. The Labute approximate surface area is 159 Å². The molecule has 7 heteroatoms. The average molecular weight is 380 g/mol. The number of fused-ring (bicyclic) bond motifs is 1. The standard InChI is InChI=1S/C19H26ClN3O3/c1-6-21-18(26)22(7-2)16(24)14-11-13(20)10-12-8-9-23(15(12)14)17(25)19(3,4)5/h10-11H,6-9H2,1-5H3,(H,21,26). The van der Waals surface area contributed by atoms with Crippen LogP contribution in [0.5, 0.6) is 0 Å². The molecular formula is C19H26ClN3O3. The Kier molecular flexibility index (Phi) is 5.96. The second-order valence-electron chi connectivity index (χ2n) is 7.30. The fourth-order valence-corrected chi connectivity index (χ4v) is 3.29. The summed E-state index contributed by atoms with van der Waals surface area (Å²) in [6.45, 7) is 10.2. The third-order valence-electron chi connectivity index (χ3n) is 4.28. The van der Waals surface area contributed by atoms with Gasteiger partial charge in [0.05, 0.1) is 11.3 Å². The predicted molar refractivity (Wildman–Crippen MR) is 103 cm³/mol. The highest BCUT2D eigenvalue weighted by molar-refractivity contribution is 6.31. The molecule has 1 aliphatic heterocycles. The normalized spacial score (nSPS) is 13.4. The summed E-state index contributed by atoms with van der Waals surface area (Å²) in [7, 11) is 0. The third-order valence-corrected chi connectivity index (χ3v) is 4.50. The van der Waals surface area contributed by atoms with E-state index in [9.17, 15) is 14.4 Å². The molecule has 1 aliphatic rings. The van der Waals surface area contributed by atoms with E-state index in [1.165, 1.54) is 0 Å². The van der Waals surface area contributed by atoms with Crippen LogP contribution in [0.25, 0.3) is 0 Å². The molecule has 0 unspecified atom stereocenters. The number of nitrogens with zero attached hydrogens (tertiary/aromatic N) is 2. The number of anilines is 1. The van der Waals surface area contributed by atoms with Gasteiger partial charge in [0, 0.05) is 30.1 Å². The molecule has 0 radical (unpaired) electrons. The minimum Gasteiger partial charge on any atom is -0.338 e. The molecule has 0 bridgehead atoms. The molecule has 1 heterocycles. The van der Waals surface area contributed by atoms with Crippen molar-refractivity contribution in [2.24, 2.45) is 5.41 Å². The van der Waals surface area contributed by atoms with Gasteiger partial charge in [0.2, 0.25) is 5.91 Å². The summed E-state index contributed by atoms with van der Waals surface area (Å²) in [5.41, 5.74) is 1.13. The molecule has 0 fully saturated rings. The van der Waals surface area contributed by atoms with E-state index in [-0.39, 0.29) is 18.0 Å². The quantitative estimate of drug-likeness (QED) is 0.874. The van der Waals surface area contributed by atoms with E-state index in [0.29, 0.717) is 30.2 Å². The lowest BCUT2D eigenvalue weighted by Crippen LogP contribution is -2.44. The van der Waals surface area contributed by atoms with E-state index >= 15 is 0 Å². The third kappa shape index (κ3) is 3.85. The van der Waals surface area contributed by atoms with Gasteiger partial charge in [-0.15, -0.1) is 0 Å². The maximum absolute atomic E-state index is 13.1. The van der Waals surface area contributed by atoms with Crippen LogP contribution in [0.15, 0.2) is 12.1 Å². The number of imide groups is 1. The largest absolute Gasteiger partial charge is 0.338 e. The molecule has 0 atom stereocenters. The van der Waals surface area contributed by atoms with Gasteiger partial charge in [0.25, 0.3) is 5.91 Å². The first-order valence-corrected chi connectivity index (χ1v) is 9.23. The second kappa shape index (κ2) is 7.66. The molecule has 0 saturated carbocycles. The molecule has 0 aromatic heterocycles. The minimum atomic E-state index is -0.578. The van der Waals surface area contributed by atoms with E-state index in [1.807, 2.05) is 20.8 Å². The number of urea groups is 1. The summed E-state index contributed by atoms with van der Waals surface area (Å²) in [6.07, 6.45) is 0.630. The molecule has 0 aliphatic carbocycles.